The number of benzene rings is 2. The van der Waals surface area contributed by atoms with E-state index in [2.05, 4.69) is 12.2 Å². The van der Waals surface area contributed by atoms with Gasteiger partial charge in [0.1, 0.15) is 23.8 Å². The van der Waals surface area contributed by atoms with Crippen molar-refractivity contribution in [1.29, 1.82) is 0 Å². The first kappa shape index (κ1) is 19.2. The van der Waals surface area contributed by atoms with Gasteiger partial charge in [0.05, 0.1) is 4.92 Å². The van der Waals surface area contributed by atoms with Gasteiger partial charge in [-0.15, -0.1) is 0 Å². The summed E-state index contributed by atoms with van der Waals surface area (Å²) in [6, 6.07) is 16.9. The number of nitrogens with zero attached hydrogens (tertiary/aromatic N) is 1. The number of carbonyl (C=O) groups excluding carboxylic acids is 1. The number of amides is 1. The fourth-order valence-electron chi connectivity index (χ4n) is 2.70. The standard InChI is InChI=1S/C21H20N2O5/c1-2-5-15-8-10-16(11-9-15)27-14-17-12-13-20(28-17)21(24)22-18-6-3-4-7-19(18)23(25)26/h3-4,6-13H,2,5,14H2,1H3,(H,22,24). The highest BCUT2D eigenvalue weighted by atomic mass is 16.6. The van der Waals surface area contributed by atoms with Crippen molar-refractivity contribution in [3.63, 3.8) is 0 Å². The largest absolute Gasteiger partial charge is 0.486 e. The molecule has 1 aromatic heterocycles. The topological polar surface area (TPSA) is 94.6 Å². The first-order valence-electron chi connectivity index (χ1n) is 8.92. The number of ether oxygens (including phenoxy) is 1. The van der Waals surface area contributed by atoms with Gasteiger partial charge in [-0.3, -0.25) is 14.9 Å². The van der Waals surface area contributed by atoms with Crippen LogP contribution in [0.2, 0.25) is 0 Å². The van der Waals surface area contributed by atoms with E-state index in [0.717, 1.165) is 12.8 Å². The Morgan fingerprint density at radius 2 is 1.86 bits per heavy atom. The van der Waals surface area contributed by atoms with Gasteiger partial charge < -0.3 is 14.5 Å². The van der Waals surface area contributed by atoms with Crippen molar-refractivity contribution < 1.29 is 18.9 Å². The lowest BCUT2D eigenvalue weighted by Gasteiger charge is -2.06. The minimum absolute atomic E-state index is 0.0510. The summed E-state index contributed by atoms with van der Waals surface area (Å²) >= 11 is 0. The van der Waals surface area contributed by atoms with Gasteiger partial charge in [-0.1, -0.05) is 37.6 Å². The Hall–Kier alpha value is -3.61. The van der Waals surface area contributed by atoms with Crippen LogP contribution in [0.3, 0.4) is 0 Å². The van der Waals surface area contributed by atoms with Gasteiger partial charge in [0, 0.05) is 6.07 Å². The molecule has 1 N–H and O–H groups in total. The second-order valence-corrected chi connectivity index (χ2v) is 6.18. The molecule has 7 nitrogen and oxygen atoms in total. The number of nitrogens with one attached hydrogen (secondary N) is 1. The summed E-state index contributed by atoms with van der Waals surface area (Å²) in [5.74, 6) is 0.673. The fourth-order valence-corrected chi connectivity index (χ4v) is 2.70. The predicted molar refractivity (Wildman–Crippen MR) is 105 cm³/mol. The Kier molecular flexibility index (Phi) is 6.06. The number of nitro groups is 1. The van der Waals surface area contributed by atoms with Crippen LogP contribution in [0.15, 0.2) is 65.1 Å². The molecule has 0 bridgehead atoms. The molecule has 0 spiro atoms. The van der Waals surface area contributed by atoms with Crippen LogP contribution in [-0.2, 0) is 13.0 Å². The van der Waals surface area contributed by atoms with Crippen LogP contribution in [0.5, 0.6) is 5.75 Å². The maximum atomic E-state index is 12.3. The van der Waals surface area contributed by atoms with E-state index < -0.39 is 10.8 Å². The first-order valence-corrected chi connectivity index (χ1v) is 8.92. The van der Waals surface area contributed by atoms with Gasteiger partial charge in [0.25, 0.3) is 11.6 Å². The molecule has 7 heteroatoms. The molecule has 3 rings (SSSR count). The monoisotopic (exact) mass is 380 g/mol. The minimum Gasteiger partial charge on any atom is -0.486 e. The molecule has 1 amide bonds. The lowest BCUT2D eigenvalue weighted by Crippen LogP contribution is -2.12. The number of anilines is 1. The molecule has 1 heterocycles. The van der Waals surface area contributed by atoms with Crippen LogP contribution in [0, 0.1) is 10.1 Å². The Bertz CT molecular complexity index is 963. The SMILES string of the molecule is CCCc1ccc(OCc2ccc(C(=O)Nc3ccccc3[N+](=O)[O-])o2)cc1. The van der Waals surface area contributed by atoms with Crippen LogP contribution in [-0.4, -0.2) is 10.8 Å². The number of para-hydroxylation sites is 2. The van der Waals surface area contributed by atoms with Crippen LogP contribution in [0.25, 0.3) is 0 Å². The highest BCUT2D eigenvalue weighted by molar-refractivity contribution is 6.03. The minimum atomic E-state index is -0.565. The second kappa shape index (κ2) is 8.85. The molecule has 28 heavy (non-hydrogen) atoms. The van der Waals surface area contributed by atoms with E-state index in [1.807, 2.05) is 24.3 Å². The molecule has 2 aromatic carbocycles. The molecule has 0 saturated heterocycles. The van der Waals surface area contributed by atoms with E-state index >= 15 is 0 Å². The highest BCUT2D eigenvalue weighted by Gasteiger charge is 2.18. The maximum Gasteiger partial charge on any atom is 0.292 e. The average molecular weight is 380 g/mol. The number of hydrogen-bond acceptors (Lipinski definition) is 5. The molecular weight excluding hydrogens is 360 g/mol. The van der Waals surface area contributed by atoms with Crippen LogP contribution in [0.1, 0.15) is 35.2 Å². The summed E-state index contributed by atoms with van der Waals surface area (Å²) in [7, 11) is 0. The number of aryl methyl sites for hydroxylation is 1. The number of nitro benzene ring substituents is 1. The average Bonchev–Trinajstić information content (AvgIpc) is 3.17. The summed E-state index contributed by atoms with van der Waals surface area (Å²) in [6.45, 7) is 2.30. The van der Waals surface area contributed by atoms with Gasteiger partial charge in [-0.2, -0.15) is 0 Å². The number of carbonyl (C=O) groups is 1. The van der Waals surface area contributed by atoms with E-state index in [0.29, 0.717) is 11.5 Å². The van der Waals surface area contributed by atoms with E-state index in [1.54, 1.807) is 12.1 Å². The van der Waals surface area contributed by atoms with Crippen molar-refractivity contribution in [3.05, 3.63) is 87.9 Å². The van der Waals surface area contributed by atoms with Gasteiger partial charge in [0.2, 0.25) is 0 Å². The van der Waals surface area contributed by atoms with E-state index in [4.69, 9.17) is 9.15 Å². The van der Waals surface area contributed by atoms with Gasteiger partial charge >= 0.3 is 0 Å². The smallest absolute Gasteiger partial charge is 0.292 e. The Balaban J connectivity index is 1.60. The molecule has 0 aliphatic carbocycles. The zero-order valence-corrected chi connectivity index (χ0v) is 15.4. The zero-order valence-electron chi connectivity index (χ0n) is 15.4. The third-order valence-electron chi connectivity index (χ3n) is 4.08. The second-order valence-electron chi connectivity index (χ2n) is 6.18. The van der Waals surface area contributed by atoms with Crippen LogP contribution in [0.4, 0.5) is 11.4 Å². The van der Waals surface area contributed by atoms with Crippen molar-refractivity contribution in [2.75, 3.05) is 5.32 Å². The third-order valence-corrected chi connectivity index (χ3v) is 4.08. The van der Waals surface area contributed by atoms with Gasteiger partial charge in [0.15, 0.2) is 5.76 Å². The quantitative estimate of drug-likeness (QED) is 0.440. The lowest BCUT2D eigenvalue weighted by molar-refractivity contribution is -0.383. The fraction of sp³-hybridized carbons (Fsp3) is 0.190. The summed E-state index contributed by atoms with van der Waals surface area (Å²) in [6.07, 6.45) is 2.11. The van der Waals surface area contributed by atoms with E-state index in [1.165, 1.54) is 29.8 Å². The van der Waals surface area contributed by atoms with Crippen molar-refractivity contribution >= 4 is 17.3 Å². The van der Waals surface area contributed by atoms with Crippen LogP contribution < -0.4 is 10.1 Å². The molecule has 0 fully saturated rings. The summed E-state index contributed by atoms with van der Waals surface area (Å²) in [5.41, 5.74) is 1.18. The lowest BCUT2D eigenvalue weighted by atomic mass is 10.1. The van der Waals surface area contributed by atoms with Gasteiger partial charge in [-0.05, 0) is 42.3 Å². The summed E-state index contributed by atoms with van der Waals surface area (Å²) in [5, 5.41) is 13.5. The highest BCUT2D eigenvalue weighted by Crippen LogP contribution is 2.24. The molecule has 0 radical (unpaired) electrons. The molecule has 0 unspecified atom stereocenters. The molecular formula is C21H20N2O5. The van der Waals surface area contributed by atoms with Crippen molar-refractivity contribution in [2.24, 2.45) is 0 Å². The predicted octanol–water partition coefficient (Wildman–Crippen LogP) is 4.97. The molecule has 144 valence electrons. The molecule has 3 aromatic rings. The number of rotatable bonds is 8. The van der Waals surface area contributed by atoms with Gasteiger partial charge in [-0.25, -0.2) is 0 Å². The van der Waals surface area contributed by atoms with Crippen molar-refractivity contribution in [2.45, 2.75) is 26.4 Å². The zero-order chi connectivity index (χ0) is 19.9. The number of furan rings is 1. The normalized spacial score (nSPS) is 10.5. The molecule has 0 atom stereocenters. The van der Waals surface area contributed by atoms with Crippen molar-refractivity contribution in [3.8, 4) is 5.75 Å². The van der Waals surface area contributed by atoms with E-state index in [9.17, 15) is 14.9 Å². The molecule has 0 saturated carbocycles. The molecule has 0 aliphatic heterocycles. The Morgan fingerprint density at radius 3 is 2.57 bits per heavy atom. The summed E-state index contributed by atoms with van der Waals surface area (Å²) < 4.78 is 11.2. The third kappa shape index (κ3) is 4.76. The van der Waals surface area contributed by atoms with Crippen LogP contribution >= 0.6 is 0 Å². The first-order chi connectivity index (χ1) is 13.6. The Labute approximate surface area is 162 Å². The molecule has 0 aliphatic rings. The number of hydrogen-bond donors (Lipinski definition) is 1. The van der Waals surface area contributed by atoms with Crippen molar-refractivity contribution in [1.82, 2.24) is 0 Å². The Morgan fingerprint density at radius 1 is 1.11 bits per heavy atom. The van der Waals surface area contributed by atoms with E-state index in [-0.39, 0.29) is 23.7 Å². The summed E-state index contributed by atoms with van der Waals surface area (Å²) in [4.78, 5) is 22.8. The maximum absolute atomic E-state index is 12.3.